The summed E-state index contributed by atoms with van der Waals surface area (Å²) in [4.78, 5) is 12.2. The van der Waals surface area contributed by atoms with E-state index in [0.717, 1.165) is 16.7 Å². The summed E-state index contributed by atoms with van der Waals surface area (Å²) < 4.78 is 15.2. The van der Waals surface area contributed by atoms with Crippen LogP contribution in [0, 0.1) is 5.82 Å². The topological polar surface area (TPSA) is 46.9 Å². The fraction of sp³-hybridized carbons (Fsp3) is 0.158. The lowest BCUT2D eigenvalue weighted by Gasteiger charge is -2.16. The zero-order chi connectivity index (χ0) is 18.1. The molecule has 3 aromatic rings. The van der Waals surface area contributed by atoms with E-state index in [2.05, 4.69) is 10.4 Å². The lowest BCUT2D eigenvalue weighted by molar-refractivity contribution is -0.113. The molecule has 1 atom stereocenters. The van der Waals surface area contributed by atoms with Crippen molar-refractivity contribution in [1.29, 1.82) is 0 Å². The number of benzene rings is 2. The molecule has 0 radical (unpaired) electrons. The van der Waals surface area contributed by atoms with Gasteiger partial charge in [0.05, 0.1) is 23.7 Å². The Balaban J connectivity index is 1.75. The highest BCUT2D eigenvalue weighted by Gasteiger charge is 2.29. The molecule has 1 aliphatic rings. The highest BCUT2D eigenvalue weighted by molar-refractivity contribution is 8.00. The number of amides is 1. The fourth-order valence-electron chi connectivity index (χ4n) is 2.99. The van der Waals surface area contributed by atoms with Crippen LogP contribution in [0.3, 0.4) is 0 Å². The molecule has 26 heavy (non-hydrogen) atoms. The molecule has 4 nitrogen and oxygen atoms in total. The van der Waals surface area contributed by atoms with Crippen molar-refractivity contribution >= 4 is 35.1 Å². The first-order chi connectivity index (χ1) is 12.6. The van der Waals surface area contributed by atoms with Crippen LogP contribution in [0.2, 0.25) is 5.02 Å². The van der Waals surface area contributed by atoms with Crippen LogP contribution in [0.15, 0.2) is 54.7 Å². The molecule has 7 heteroatoms. The molecule has 0 bridgehead atoms. The summed E-state index contributed by atoms with van der Waals surface area (Å²) in [5.41, 5.74) is 2.72. The number of carbonyl (C=O) groups excluding carboxylic acids is 1. The molecule has 4 rings (SSSR count). The highest BCUT2D eigenvalue weighted by Crippen LogP contribution is 2.43. The largest absolute Gasteiger partial charge is 0.310 e. The Bertz CT molecular complexity index is 961. The summed E-state index contributed by atoms with van der Waals surface area (Å²) in [5, 5.41) is 7.56. The molecular formula is C19H15ClFN3OS. The van der Waals surface area contributed by atoms with Gasteiger partial charge in [0.25, 0.3) is 0 Å². The van der Waals surface area contributed by atoms with Gasteiger partial charge in [0.2, 0.25) is 5.91 Å². The van der Waals surface area contributed by atoms with Crippen LogP contribution < -0.4 is 5.32 Å². The van der Waals surface area contributed by atoms with E-state index in [-0.39, 0.29) is 17.0 Å². The molecule has 2 aromatic carbocycles. The number of fused-ring (bicyclic) bond motifs is 1. The number of halogens is 2. The monoisotopic (exact) mass is 387 g/mol. The fourth-order valence-corrected chi connectivity index (χ4v) is 4.46. The third-order valence-electron chi connectivity index (χ3n) is 4.21. The van der Waals surface area contributed by atoms with Gasteiger partial charge in [-0.1, -0.05) is 48.0 Å². The Morgan fingerprint density at radius 1 is 1.23 bits per heavy atom. The number of hydrogen-bond donors (Lipinski definition) is 1. The van der Waals surface area contributed by atoms with Crippen LogP contribution in [0.1, 0.15) is 21.9 Å². The maximum absolute atomic E-state index is 13.4. The van der Waals surface area contributed by atoms with Crippen molar-refractivity contribution in [1.82, 2.24) is 9.78 Å². The van der Waals surface area contributed by atoms with Gasteiger partial charge in [-0.15, -0.1) is 11.8 Å². The lowest BCUT2D eigenvalue weighted by Crippen LogP contribution is -2.16. The van der Waals surface area contributed by atoms with Gasteiger partial charge in [-0.25, -0.2) is 9.07 Å². The number of aromatic nitrogens is 2. The maximum atomic E-state index is 13.4. The zero-order valence-corrected chi connectivity index (χ0v) is 15.2. The summed E-state index contributed by atoms with van der Waals surface area (Å²) in [6.45, 7) is 0.547. The third kappa shape index (κ3) is 3.34. The Labute approximate surface area is 159 Å². The van der Waals surface area contributed by atoms with E-state index in [4.69, 9.17) is 11.6 Å². The summed E-state index contributed by atoms with van der Waals surface area (Å²) in [7, 11) is 0. The number of anilines is 1. The molecular weight excluding hydrogens is 373 g/mol. The highest BCUT2D eigenvalue weighted by atomic mass is 35.5. The molecule has 0 aliphatic carbocycles. The first-order valence-electron chi connectivity index (χ1n) is 8.08. The van der Waals surface area contributed by atoms with E-state index >= 15 is 0 Å². The molecule has 0 fully saturated rings. The predicted molar refractivity (Wildman–Crippen MR) is 102 cm³/mol. The number of nitrogens with one attached hydrogen (secondary N) is 1. The molecule has 132 valence electrons. The van der Waals surface area contributed by atoms with Crippen LogP contribution in [0.5, 0.6) is 0 Å². The summed E-state index contributed by atoms with van der Waals surface area (Å²) >= 11 is 7.73. The first-order valence-corrected chi connectivity index (χ1v) is 9.50. The summed E-state index contributed by atoms with van der Waals surface area (Å²) in [6.07, 6.45) is 1.75. The normalized spacial score (nSPS) is 16.7. The zero-order valence-electron chi connectivity index (χ0n) is 13.7. The quantitative estimate of drug-likeness (QED) is 0.719. The number of rotatable bonds is 3. The van der Waals surface area contributed by atoms with Gasteiger partial charge in [-0.2, -0.15) is 5.10 Å². The minimum absolute atomic E-state index is 0.0909. The van der Waals surface area contributed by atoms with E-state index in [1.54, 1.807) is 16.9 Å². The van der Waals surface area contributed by atoms with Crippen molar-refractivity contribution in [2.45, 2.75) is 11.8 Å². The molecule has 1 N–H and O–H groups in total. The third-order valence-corrected chi connectivity index (χ3v) is 5.81. The molecule has 1 amide bonds. The minimum atomic E-state index is -0.383. The van der Waals surface area contributed by atoms with Gasteiger partial charge in [0.1, 0.15) is 11.6 Å². The predicted octanol–water partition coefficient (Wildman–Crippen LogP) is 4.50. The van der Waals surface area contributed by atoms with Gasteiger partial charge >= 0.3 is 0 Å². The van der Waals surface area contributed by atoms with Gasteiger partial charge in [-0.3, -0.25) is 4.79 Å². The van der Waals surface area contributed by atoms with E-state index in [1.165, 1.54) is 23.9 Å². The van der Waals surface area contributed by atoms with Crippen molar-refractivity contribution in [3.05, 3.63) is 82.3 Å². The molecule has 0 unspecified atom stereocenters. The number of carbonyl (C=O) groups is 1. The number of hydrogen-bond acceptors (Lipinski definition) is 3. The van der Waals surface area contributed by atoms with Crippen molar-refractivity contribution in [3.63, 3.8) is 0 Å². The van der Waals surface area contributed by atoms with Crippen molar-refractivity contribution in [3.8, 4) is 0 Å². The Morgan fingerprint density at radius 3 is 2.81 bits per heavy atom. The minimum Gasteiger partial charge on any atom is -0.310 e. The smallest absolute Gasteiger partial charge is 0.235 e. The van der Waals surface area contributed by atoms with Crippen LogP contribution in [0.4, 0.5) is 10.2 Å². The van der Waals surface area contributed by atoms with E-state index in [9.17, 15) is 9.18 Å². The van der Waals surface area contributed by atoms with Crippen LogP contribution in [-0.4, -0.2) is 21.4 Å². The van der Waals surface area contributed by atoms with Gasteiger partial charge in [0, 0.05) is 10.6 Å². The summed E-state index contributed by atoms with van der Waals surface area (Å²) in [5.74, 6) is 0.478. The maximum Gasteiger partial charge on any atom is 0.235 e. The van der Waals surface area contributed by atoms with E-state index < -0.39 is 0 Å². The van der Waals surface area contributed by atoms with Gasteiger partial charge in [0.15, 0.2) is 0 Å². The lowest BCUT2D eigenvalue weighted by atomic mass is 10.1. The van der Waals surface area contributed by atoms with E-state index in [1.807, 2.05) is 30.3 Å². The molecule has 0 saturated carbocycles. The van der Waals surface area contributed by atoms with Crippen molar-refractivity contribution in [2.24, 2.45) is 0 Å². The second-order valence-electron chi connectivity index (χ2n) is 6.00. The Kier molecular flexibility index (Phi) is 4.70. The Morgan fingerprint density at radius 2 is 2.04 bits per heavy atom. The van der Waals surface area contributed by atoms with Crippen molar-refractivity contribution in [2.75, 3.05) is 11.1 Å². The second-order valence-corrected chi connectivity index (χ2v) is 7.50. The van der Waals surface area contributed by atoms with Gasteiger partial charge in [-0.05, 0) is 23.3 Å². The van der Waals surface area contributed by atoms with Crippen LogP contribution in [0.25, 0.3) is 0 Å². The van der Waals surface area contributed by atoms with Crippen molar-refractivity contribution < 1.29 is 9.18 Å². The molecule has 1 aliphatic heterocycles. The average molecular weight is 388 g/mol. The van der Waals surface area contributed by atoms with Gasteiger partial charge < -0.3 is 5.32 Å². The molecule has 1 aromatic heterocycles. The van der Waals surface area contributed by atoms with Crippen LogP contribution >= 0.6 is 23.4 Å². The average Bonchev–Trinajstić information content (AvgIpc) is 2.91. The van der Waals surface area contributed by atoms with Crippen LogP contribution in [-0.2, 0) is 11.3 Å². The molecule has 2 heterocycles. The SMILES string of the molecule is O=C1CS[C@@H](c2ccc(F)cc2Cl)c2cnn(Cc3ccccc3)c2N1. The number of thioether (sulfide) groups is 1. The molecule has 0 saturated heterocycles. The first kappa shape index (κ1) is 17.1. The molecule has 0 spiro atoms. The van der Waals surface area contributed by atoms with E-state index in [0.29, 0.717) is 23.1 Å². The Hall–Kier alpha value is -2.31. The number of nitrogens with zero attached hydrogens (tertiary/aromatic N) is 2. The summed E-state index contributed by atoms with van der Waals surface area (Å²) in [6, 6.07) is 14.3. The standard InChI is InChI=1S/C19H15ClFN3OS/c20-16-8-13(21)6-7-14(16)18-15-9-22-24(10-12-4-2-1-3-5-12)19(15)23-17(25)11-26-18/h1-9,18H,10-11H2,(H,23,25)/t18-/m0/s1. The second kappa shape index (κ2) is 7.13.